The van der Waals surface area contributed by atoms with Crippen molar-refractivity contribution in [1.82, 2.24) is 0 Å². The molecule has 0 heterocycles. The maximum atomic E-state index is 12.2. The van der Waals surface area contributed by atoms with Gasteiger partial charge >= 0.3 is 5.97 Å². The first-order valence-electron chi connectivity index (χ1n) is 6.91. The Morgan fingerprint density at radius 1 is 0.778 bits per heavy atom. The summed E-state index contributed by atoms with van der Waals surface area (Å²) in [4.78, 5) is 35.6. The van der Waals surface area contributed by atoms with Crippen LogP contribution in [0.2, 0.25) is 0 Å². The van der Waals surface area contributed by atoms with Gasteiger partial charge in [-0.15, -0.1) is 0 Å². The SMILES string of the molecule is O=C(O)C(C(=O)C1CCCC1)C(=O)C1CCCC1. The normalized spacial score (nSPS) is 21.6. The molecule has 0 unspecified atom stereocenters. The minimum Gasteiger partial charge on any atom is -0.480 e. The number of Topliss-reactive ketones (excluding diaryl/α,β-unsaturated/α-hetero) is 2. The molecule has 100 valence electrons. The molecular weight excluding hydrogens is 232 g/mol. The minimum atomic E-state index is -1.39. The van der Waals surface area contributed by atoms with Crippen molar-refractivity contribution >= 4 is 17.5 Å². The number of carboxylic acids is 1. The van der Waals surface area contributed by atoms with Gasteiger partial charge in [-0.25, -0.2) is 0 Å². The topological polar surface area (TPSA) is 71.4 Å². The van der Waals surface area contributed by atoms with Gasteiger partial charge in [0, 0.05) is 11.8 Å². The van der Waals surface area contributed by atoms with Crippen LogP contribution >= 0.6 is 0 Å². The van der Waals surface area contributed by atoms with Crippen molar-refractivity contribution in [3.8, 4) is 0 Å². The molecule has 0 atom stereocenters. The number of carboxylic acid groups (broad SMARTS) is 1. The Balaban J connectivity index is 2.09. The van der Waals surface area contributed by atoms with Crippen molar-refractivity contribution in [2.45, 2.75) is 51.4 Å². The van der Waals surface area contributed by atoms with E-state index in [1.54, 1.807) is 0 Å². The summed E-state index contributed by atoms with van der Waals surface area (Å²) in [5.74, 6) is -3.71. The lowest BCUT2D eigenvalue weighted by atomic mass is 9.83. The zero-order chi connectivity index (χ0) is 13.1. The van der Waals surface area contributed by atoms with Crippen molar-refractivity contribution in [2.24, 2.45) is 17.8 Å². The Kier molecular flexibility index (Phi) is 4.15. The maximum absolute atomic E-state index is 12.2. The predicted octanol–water partition coefficient (Wildman–Crippen LogP) is 2.21. The molecule has 0 saturated heterocycles. The van der Waals surface area contributed by atoms with Crippen LogP contribution in [0.3, 0.4) is 0 Å². The molecule has 2 rings (SSSR count). The van der Waals surface area contributed by atoms with Crippen molar-refractivity contribution in [2.75, 3.05) is 0 Å². The Morgan fingerprint density at radius 2 is 1.11 bits per heavy atom. The lowest BCUT2D eigenvalue weighted by Gasteiger charge is -2.17. The van der Waals surface area contributed by atoms with Crippen molar-refractivity contribution in [3.63, 3.8) is 0 Å². The van der Waals surface area contributed by atoms with E-state index in [-0.39, 0.29) is 23.4 Å². The van der Waals surface area contributed by atoms with Crippen LogP contribution in [0, 0.1) is 17.8 Å². The van der Waals surface area contributed by atoms with Crippen molar-refractivity contribution in [1.29, 1.82) is 0 Å². The van der Waals surface area contributed by atoms with Gasteiger partial charge in [-0.3, -0.25) is 14.4 Å². The molecule has 2 saturated carbocycles. The molecule has 0 spiro atoms. The third-order valence-corrected chi connectivity index (χ3v) is 4.33. The van der Waals surface area contributed by atoms with Crippen LogP contribution in [-0.4, -0.2) is 22.6 Å². The van der Waals surface area contributed by atoms with E-state index in [1.807, 2.05) is 0 Å². The highest BCUT2D eigenvalue weighted by Gasteiger charge is 2.41. The van der Waals surface area contributed by atoms with Crippen molar-refractivity contribution in [3.05, 3.63) is 0 Å². The van der Waals surface area contributed by atoms with Crippen LogP contribution in [0.5, 0.6) is 0 Å². The molecule has 0 aromatic rings. The Bertz CT molecular complexity index is 321. The smallest absolute Gasteiger partial charge is 0.321 e. The van der Waals surface area contributed by atoms with E-state index in [1.165, 1.54) is 0 Å². The third kappa shape index (κ3) is 2.62. The minimum absolute atomic E-state index is 0.198. The van der Waals surface area contributed by atoms with Gasteiger partial charge in [0.1, 0.15) is 0 Å². The largest absolute Gasteiger partial charge is 0.480 e. The average Bonchev–Trinajstić information content (AvgIpc) is 3.02. The Hall–Kier alpha value is -1.19. The lowest BCUT2D eigenvalue weighted by molar-refractivity contribution is -0.152. The zero-order valence-electron chi connectivity index (χ0n) is 10.6. The summed E-state index contributed by atoms with van der Waals surface area (Å²) < 4.78 is 0. The second-order valence-corrected chi connectivity index (χ2v) is 5.54. The fraction of sp³-hybridized carbons (Fsp3) is 0.786. The average molecular weight is 252 g/mol. The zero-order valence-corrected chi connectivity index (χ0v) is 10.6. The van der Waals surface area contributed by atoms with Crippen LogP contribution in [0.15, 0.2) is 0 Å². The molecule has 0 bridgehead atoms. The summed E-state index contributed by atoms with van der Waals surface area (Å²) in [5.41, 5.74) is 0. The van der Waals surface area contributed by atoms with Crippen LogP contribution < -0.4 is 0 Å². The highest BCUT2D eigenvalue weighted by atomic mass is 16.4. The molecule has 0 radical (unpaired) electrons. The lowest BCUT2D eigenvalue weighted by Crippen LogP contribution is -2.38. The quantitative estimate of drug-likeness (QED) is 0.761. The molecule has 0 aromatic carbocycles. The van der Waals surface area contributed by atoms with E-state index >= 15 is 0 Å². The maximum Gasteiger partial charge on any atom is 0.321 e. The van der Waals surface area contributed by atoms with E-state index in [2.05, 4.69) is 0 Å². The molecule has 2 aliphatic rings. The van der Waals surface area contributed by atoms with Gasteiger partial charge < -0.3 is 5.11 Å². The fourth-order valence-corrected chi connectivity index (χ4v) is 3.28. The first kappa shape index (κ1) is 13.2. The predicted molar refractivity (Wildman–Crippen MR) is 65.1 cm³/mol. The molecule has 0 amide bonds. The summed E-state index contributed by atoms with van der Waals surface area (Å²) in [6.45, 7) is 0. The second-order valence-electron chi connectivity index (χ2n) is 5.54. The van der Waals surface area contributed by atoms with Crippen LogP contribution in [0.25, 0.3) is 0 Å². The number of carbonyl (C=O) groups is 3. The van der Waals surface area contributed by atoms with Gasteiger partial charge in [0.15, 0.2) is 17.5 Å². The Labute approximate surface area is 107 Å². The standard InChI is InChI=1S/C14H20O4/c15-12(9-5-1-2-6-9)11(14(17)18)13(16)10-7-3-4-8-10/h9-11H,1-8H2,(H,17,18). The number of hydrogen-bond donors (Lipinski definition) is 1. The van der Waals surface area contributed by atoms with Crippen LogP contribution in [0.4, 0.5) is 0 Å². The molecule has 0 aromatic heterocycles. The first-order chi connectivity index (χ1) is 8.61. The number of aliphatic carboxylic acids is 1. The van der Waals surface area contributed by atoms with E-state index in [0.29, 0.717) is 0 Å². The molecule has 18 heavy (non-hydrogen) atoms. The van der Waals surface area contributed by atoms with E-state index < -0.39 is 11.9 Å². The van der Waals surface area contributed by atoms with Crippen LogP contribution in [0.1, 0.15) is 51.4 Å². The molecule has 2 aliphatic carbocycles. The molecular formula is C14H20O4. The molecule has 2 fully saturated rings. The summed E-state index contributed by atoms with van der Waals surface area (Å²) in [5, 5.41) is 9.19. The highest BCUT2D eigenvalue weighted by Crippen LogP contribution is 2.32. The molecule has 4 heteroatoms. The van der Waals surface area contributed by atoms with Gasteiger partial charge in [-0.05, 0) is 25.7 Å². The first-order valence-corrected chi connectivity index (χ1v) is 6.91. The number of hydrogen-bond acceptors (Lipinski definition) is 3. The van der Waals surface area contributed by atoms with Gasteiger partial charge in [0.25, 0.3) is 0 Å². The van der Waals surface area contributed by atoms with Gasteiger partial charge in [-0.1, -0.05) is 25.7 Å². The Morgan fingerprint density at radius 3 is 1.39 bits per heavy atom. The molecule has 1 N–H and O–H groups in total. The number of carbonyl (C=O) groups excluding carboxylic acids is 2. The summed E-state index contributed by atoms with van der Waals surface area (Å²) in [6, 6.07) is 0. The monoisotopic (exact) mass is 252 g/mol. The summed E-state index contributed by atoms with van der Waals surface area (Å²) in [7, 11) is 0. The van der Waals surface area contributed by atoms with Crippen LogP contribution in [-0.2, 0) is 14.4 Å². The fourth-order valence-electron chi connectivity index (χ4n) is 3.28. The summed E-state index contributed by atoms with van der Waals surface area (Å²) in [6.07, 6.45) is 6.89. The second kappa shape index (κ2) is 5.63. The van der Waals surface area contributed by atoms with Gasteiger partial charge in [-0.2, -0.15) is 0 Å². The van der Waals surface area contributed by atoms with E-state index in [9.17, 15) is 19.5 Å². The number of rotatable bonds is 5. The van der Waals surface area contributed by atoms with E-state index in [0.717, 1.165) is 51.4 Å². The molecule has 4 nitrogen and oxygen atoms in total. The van der Waals surface area contributed by atoms with Gasteiger partial charge in [0.2, 0.25) is 0 Å². The van der Waals surface area contributed by atoms with E-state index in [4.69, 9.17) is 0 Å². The highest BCUT2D eigenvalue weighted by molar-refractivity contribution is 6.18. The van der Waals surface area contributed by atoms with Crippen molar-refractivity contribution < 1.29 is 19.5 Å². The molecule has 0 aliphatic heterocycles. The number of ketones is 2. The third-order valence-electron chi connectivity index (χ3n) is 4.33. The summed E-state index contributed by atoms with van der Waals surface area (Å²) >= 11 is 0. The van der Waals surface area contributed by atoms with Gasteiger partial charge in [0.05, 0.1) is 0 Å².